The second-order valence-electron chi connectivity index (χ2n) is 7.63. The SMILES string of the molecule is Cc1cc(-c2nc3ccccc3c(-c3ccccc3)c2Cl)c(C)n1-c1ccc(Cl)cc1.Cl. The summed E-state index contributed by atoms with van der Waals surface area (Å²) in [6, 6.07) is 28.4. The van der Waals surface area contributed by atoms with Gasteiger partial charge in [-0.15, -0.1) is 12.4 Å². The van der Waals surface area contributed by atoms with Gasteiger partial charge >= 0.3 is 0 Å². The minimum Gasteiger partial charge on any atom is -0.318 e. The molecule has 5 aromatic rings. The second-order valence-corrected chi connectivity index (χ2v) is 8.44. The fourth-order valence-corrected chi connectivity index (χ4v) is 4.73. The van der Waals surface area contributed by atoms with Crippen LogP contribution >= 0.6 is 35.6 Å². The average molecular weight is 480 g/mol. The lowest BCUT2D eigenvalue weighted by molar-refractivity contribution is 0.966. The van der Waals surface area contributed by atoms with Gasteiger partial charge < -0.3 is 4.57 Å². The summed E-state index contributed by atoms with van der Waals surface area (Å²) in [7, 11) is 0. The molecule has 32 heavy (non-hydrogen) atoms. The molecule has 0 fully saturated rings. The number of fused-ring (bicyclic) bond motifs is 1. The number of nitrogens with zero attached hydrogens (tertiary/aromatic N) is 2. The van der Waals surface area contributed by atoms with Crippen LogP contribution in [0.25, 0.3) is 39.0 Å². The maximum absolute atomic E-state index is 7.07. The predicted molar refractivity (Wildman–Crippen MR) is 139 cm³/mol. The topological polar surface area (TPSA) is 17.8 Å². The van der Waals surface area contributed by atoms with E-state index in [1.165, 1.54) is 0 Å². The van der Waals surface area contributed by atoms with Crippen molar-refractivity contribution in [3.05, 3.63) is 106 Å². The second kappa shape index (κ2) is 8.99. The standard InChI is InChI=1S/C27H20Cl2N2.ClH/c1-17-16-23(18(2)31(17)21-14-12-20(28)13-15-21)27-26(29)25(19-8-4-3-5-9-19)22-10-6-7-11-24(22)30-27;/h3-16H,1-2H3;1H. The fraction of sp³-hybridized carbons (Fsp3) is 0.0741. The summed E-state index contributed by atoms with van der Waals surface area (Å²) in [5.74, 6) is 0. The molecule has 5 rings (SSSR count). The van der Waals surface area contributed by atoms with E-state index in [0.717, 1.165) is 55.4 Å². The highest BCUT2D eigenvalue weighted by Gasteiger charge is 2.20. The van der Waals surface area contributed by atoms with Crippen molar-refractivity contribution in [3.63, 3.8) is 0 Å². The van der Waals surface area contributed by atoms with Gasteiger partial charge in [-0.1, -0.05) is 71.7 Å². The number of para-hydroxylation sites is 1. The Labute approximate surface area is 203 Å². The van der Waals surface area contributed by atoms with Crippen molar-refractivity contribution in [3.8, 4) is 28.1 Å². The van der Waals surface area contributed by atoms with Gasteiger partial charge in [0.1, 0.15) is 0 Å². The van der Waals surface area contributed by atoms with Gasteiger partial charge in [0.2, 0.25) is 0 Å². The van der Waals surface area contributed by atoms with Crippen LogP contribution in [0, 0.1) is 13.8 Å². The van der Waals surface area contributed by atoms with E-state index in [2.05, 4.69) is 42.7 Å². The monoisotopic (exact) mass is 478 g/mol. The Morgan fingerprint density at radius 2 is 1.44 bits per heavy atom. The van der Waals surface area contributed by atoms with Crippen molar-refractivity contribution in [1.82, 2.24) is 9.55 Å². The van der Waals surface area contributed by atoms with E-state index in [1.54, 1.807) is 0 Å². The van der Waals surface area contributed by atoms with Crippen LogP contribution in [0.2, 0.25) is 10.0 Å². The number of rotatable bonds is 3. The molecule has 0 spiro atoms. The summed E-state index contributed by atoms with van der Waals surface area (Å²) >= 11 is 13.2. The third-order valence-electron chi connectivity index (χ3n) is 5.67. The molecule has 0 atom stereocenters. The minimum absolute atomic E-state index is 0. The maximum Gasteiger partial charge on any atom is 0.0920 e. The van der Waals surface area contributed by atoms with Crippen molar-refractivity contribution in [1.29, 1.82) is 0 Å². The Balaban J connectivity index is 0.00000245. The van der Waals surface area contributed by atoms with Gasteiger partial charge in [0.15, 0.2) is 0 Å². The van der Waals surface area contributed by atoms with Crippen LogP contribution in [0.5, 0.6) is 0 Å². The predicted octanol–water partition coefficient (Wildman–Crippen LogP) is 8.70. The Hall–Kier alpha value is -2.78. The molecule has 0 saturated heterocycles. The molecular weight excluding hydrogens is 459 g/mol. The minimum atomic E-state index is 0. The summed E-state index contributed by atoms with van der Waals surface area (Å²) in [5.41, 5.74) is 8.11. The van der Waals surface area contributed by atoms with E-state index in [9.17, 15) is 0 Å². The lowest BCUT2D eigenvalue weighted by Gasteiger charge is -2.14. The van der Waals surface area contributed by atoms with E-state index in [1.807, 2.05) is 60.7 Å². The molecule has 160 valence electrons. The zero-order valence-corrected chi connectivity index (χ0v) is 20.0. The molecule has 5 heteroatoms. The molecule has 2 nitrogen and oxygen atoms in total. The van der Waals surface area contributed by atoms with Crippen LogP contribution in [0.3, 0.4) is 0 Å². The highest BCUT2D eigenvalue weighted by molar-refractivity contribution is 6.37. The highest BCUT2D eigenvalue weighted by atomic mass is 35.5. The molecule has 0 aliphatic heterocycles. The molecule has 0 saturated carbocycles. The normalized spacial score (nSPS) is 10.9. The van der Waals surface area contributed by atoms with Crippen LogP contribution in [-0.2, 0) is 0 Å². The Morgan fingerprint density at radius 3 is 2.16 bits per heavy atom. The number of halogens is 3. The van der Waals surface area contributed by atoms with Crippen LogP contribution < -0.4 is 0 Å². The molecule has 0 unspecified atom stereocenters. The molecule has 0 radical (unpaired) electrons. The lowest BCUT2D eigenvalue weighted by Crippen LogP contribution is -1.99. The first-order valence-corrected chi connectivity index (χ1v) is 10.9. The van der Waals surface area contributed by atoms with E-state index >= 15 is 0 Å². The van der Waals surface area contributed by atoms with Crippen LogP contribution in [0.1, 0.15) is 11.4 Å². The zero-order chi connectivity index (χ0) is 21.5. The van der Waals surface area contributed by atoms with Crippen molar-refractivity contribution in [2.45, 2.75) is 13.8 Å². The number of pyridine rings is 1. The molecule has 0 bridgehead atoms. The van der Waals surface area contributed by atoms with E-state index in [4.69, 9.17) is 28.2 Å². The maximum atomic E-state index is 7.07. The molecule has 2 heterocycles. The lowest BCUT2D eigenvalue weighted by atomic mass is 9.98. The Kier molecular flexibility index (Phi) is 6.30. The van der Waals surface area contributed by atoms with Crippen LogP contribution in [0.4, 0.5) is 0 Å². The third-order valence-corrected chi connectivity index (χ3v) is 6.29. The first-order chi connectivity index (χ1) is 15.0. The van der Waals surface area contributed by atoms with Crippen molar-refractivity contribution in [2.24, 2.45) is 0 Å². The fourth-order valence-electron chi connectivity index (χ4n) is 4.24. The summed E-state index contributed by atoms with van der Waals surface area (Å²) in [6.45, 7) is 4.20. The number of hydrogen-bond acceptors (Lipinski definition) is 1. The van der Waals surface area contributed by atoms with E-state index < -0.39 is 0 Å². The van der Waals surface area contributed by atoms with E-state index in [0.29, 0.717) is 5.02 Å². The molecule has 0 aliphatic rings. The smallest absolute Gasteiger partial charge is 0.0920 e. The summed E-state index contributed by atoms with van der Waals surface area (Å²) in [6.07, 6.45) is 0. The number of benzene rings is 3. The third kappa shape index (κ3) is 3.80. The Morgan fingerprint density at radius 1 is 0.781 bits per heavy atom. The Bertz CT molecular complexity index is 1410. The van der Waals surface area contributed by atoms with Gasteiger partial charge in [-0.05, 0) is 55.8 Å². The highest BCUT2D eigenvalue weighted by Crippen LogP contribution is 2.42. The molecule has 0 N–H and O–H groups in total. The molecule has 2 aromatic heterocycles. The molecule has 0 aliphatic carbocycles. The van der Waals surface area contributed by atoms with Gasteiger partial charge in [0, 0.05) is 38.6 Å². The number of hydrogen-bond donors (Lipinski definition) is 0. The van der Waals surface area contributed by atoms with Crippen molar-refractivity contribution < 1.29 is 0 Å². The van der Waals surface area contributed by atoms with Crippen molar-refractivity contribution in [2.75, 3.05) is 0 Å². The summed E-state index contributed by atoms with van der Waals surface area (Å²) < 4.78 is 2.21. The number of aromatic nitrogens is 2. The summed E-state index contributed by atoms with van der Waals surface area (Å²) in [5, 5.41) is 2.44. The summed E-state index contributed by atoms with van der Waals surface area (Å²) in [4.78, 5) is 4.99. The molecular formula is C27H21Cl3N2. The van der Waals surface area contributed by atoms with Gasteiger partial charge in [-0.3, -0.25) is 0 Å². The largest absolute Gasteiger partial charge is 0.318 e. The quantitative estimate of drug-likeness (QED) is 0.253. The zero-order valence-electron chi connectivity index (χ0n) is 17.6. The van der Waals surface area contributed by atoms with E-state index in [-0.39, 0.29) is 12.4 Å². The van der Waals surface area contributed by atoms with Gasteiger partial charge in [-0.2, -0.15) is 0 Å². The van der Waals surface area contributed by atoms with Crippen molar-refractivity contribution >= 4 is 46.5 Å². The van der Waals surface area contributed by atoms with Gasteiger partial charge in [0.25, 0.3) is 0 Å². The van der Waals surface area contributed by atoms with Gasteiger partial charge in [0.05, 0.1) is 16.2 Å². The number of aryl methyl sites for hydroxylation is 1. The molecule has 3 aromatic carbocycles. The van der Waals surface area contributed by atoms with Crippen LogP contribution in [0.15, 0.2) is 84.9 Å². The molecule has 0 amide bonds. The average Bonchev–Trinajstić information content (AvgIpc) is 3.08. The first-order valence-electron chi connectivity index (χ1n) is 10.1. The van der Waals surface area contributed by atoms with Crippen LogP contribution in [-0.4, -0.2) is 9.55 Å². The van der Waals surface area contributed by atoms with Gasteiger partial charge in [-0.25, -0.2) is 4.98 Å². The first kappa shape index (κ1) is 22.4.